The molecular formula is C20H24N2O2. The summed E-state index contributed by atoms with van der Waals surface area (Å²) < 4.78 is 11.4. The minimum atomic E-state index is 0.483. The number of hydrogen-bond donors (Lipinski definition) is 0. The second kappa shape index (κ2) is 6.81. The lowest BCUT2D eigenvalue weighted by atomic mass is 9.99. The number of benzene rings is 1. The zero-order valence-electron chi connectivity index (χ0n) is 14.1. The lowest BCUT2D eigenvalue weighted by Crippen LogP contribution is -2.43. The smallest absolute Gasteiger partial charge is 0.123 e. The summed E-state index contributed by atoms with van der Waals surface area (Å²) in [7, 11) is 1.68. The van der Waals surface area contributed by atoms with Crippen molar-refractivity contribution in [2.45, 2.75) is 37.9 Å². The molecule has 4 nitrogen and oxygen atoms in total. The van der Waals surface area contributed by atoms with Gasteiger partial charge in [-0.2, -0.15) is 0 Å². The molecule has 0 radical (unpaired) electrons. The van der Waals surface area contributed by atoms with Gasteiger partial charge < -0.3 is 9.47 Å². The number of hydrogen-bond acceptors (Lipinski definition) is 4. The van der Waals surface area contributed by atoms with E-state index in [1.807, 2.05) is 36.5 Å². The number of aromatic nitrogens is 1. The molecule has 0 amide bonds. The van der Waals surface area contributed by atoms with Crippen LogP contribution in [0.2, 0.25) is 0 Å². The largest absolute Gasteiger partial charge is 0.497 e. The molecule has 1 aliphatic carbocycles. The van der Waals surface area contributed by atoms with Crippen LogP contribution in [-0.4, -0.2) is 35.7 Å². The molecule has 0 spiro atoms. The summed E-state index contributed by atoms with van der Waals surface area (Å²) in [6.45, 7) is 1.66. The topological polar surface area (TPSA) is 34.6 Å². The van der Waals surface area contributed by atoms with Crippen LogP contribution in [0.3, 0.4) is 0 Å². The third kappa shape index (κ3) is 3.11. The second-order valence-corrected chi connectivity index (χ2v) is 6.78. The van der Waals surface area contributed by atoms with Gasteiger partial charge in [-0.3, -0.25) is 9.88 Å². The zero-order chi connectivity index (χ0) is 16.4. The summed E-state index contributed by atoms with van der Waals surface area (Å²) in [5.41, 5.74) is 1.15. The molecule has 2 aliphatic rings. The third-order valence-electron chi connectivity index (χ3n) is 5.42. The highest BCUT2D eigenvalue weighted by atomic mass is 16.5. The highest BCUT2D eigenvalue weighted by molar-refractivity contribution is 5.32. The monoisotopic (exact) mass is 324 g/mol. The number of methoxy groups -OCH3 is 1. The first-order valence-electron chi connectivity index (χ1n) is 8.76. The van der Waals surface area contributed by atoms with Crippen molar-refractivity contribution in [2.75, 3.05) is 13.7 Å². The van der Waals surface area contributed by atoms with Crippen molar-refractivity contribution < 1.29 is 9.47 Å². The Morgan fingerprint density at radius 2 is 2.04 bits per heavy atom. The van der Waals surface area contributed by atoms with Gasteiger partial charge in [0, 0.05) is 30.9 Å². The molecule has 2 aromatic rings. The van der Waals surface area contributed by atoms with Gasteiger partial charge >= 0.3 is 0 Å². The Balaban J connectivity index is 1.44. The minimum Gasteiger partial charge on any atom is -0.497 e. The maximum absolute atomic E-state index is 6.11. The lowest BCUT2D eigenvalue weighted by molar-refractivity contribution is 0.0855. The molecule has 1 saturated carbocycles. The number of ether oxygens (including phenoxy) is 2. The van der Waals surface area contributed by atoms with Gasteiger partial charge in [0.15, 0.2) is 0 Å². The van der Waals surface area contributed by atoms with E-state index < -0.39 is 0 Å². The van der Waals surface area contributed by atoms with Crippen LogP contribution in [0.15, 0.2) is 48.7 Å². The highest BCUT2D eigenvalue weighted by Crippen LogP contribution is 2.43. The van der Waals surface area contributed by atoms with Crippen molar-refractivity contribution in [1.29, 1.82) is 0 Å². The van der Waals surface area contributed by atoms with E-state index in [-0.39, 0.29) is 0 Å². The number of piperidine rings is 1. The van der Waals surface area contributed by atoms with Crippen LogP contribution in [-0.2, 0) is 6.54 Å². The van der Waals surface area contributed by atoms with E-state index in [0.29, 0.717) is 12.1 Å². The maximum Gasteiger partial charge on any atom is 0.123 e. The Morgan fingerprint density at radius 1 is 1.12 bits per heavy atom. The van der Waals surface area contributed by atoms with Gasteiger partial charge in [-0.25, -0.2) is 0 Å². The molecule has 2 bridgehead atoms. The number of nitrogens with zero attached hydrogens (tertiary/aromatic N) is 2. The first-order chi connectivity index (χ1) is 11.8. The third-order valence-corrected chi connectivity index (χ3v) is 5.42. The SMILES string of the molecule is COc1cccc(OC[C@@H]2[C@H]3CC[C@H](C3)N2Cc2ccccn2)c1. The van der Waals surface area contributed by atoms with Crippen molar-refractivity contribution in [3.63, 3.8) is 0 Å². The summed E-state index contributed by atoms with van der Waals surface area (Å²) >= 11 is 0. The van der Waals surface area contributed by atoms with Crippen molar-refractivity contribution in [2.24, 2.45) is 5.92 Å². The van der Waals surface area contributed by atoms with Crippen molar-refractivity contribution in [3.8, 4) is 11.5 Å². The van der Waals surface area contributed by atoms with E-state index in [4.69, 9.17) is 9.47 Å². The molecule has 2 fully saturated rings. The summed E-state index contributed by atoms with van der Waals surface area (Å²) in [5, 5.41) is 0. The molecule has 126 valence electrons. The molecule has 1 aromatic heterocycles. The van der Waals surface area contributed by atoms with Gasteiger partial charge in [-0.1, -0.05) is 12.1 Å². The number of pyridine rings is 1. The molecule has 1 aliphatic heterocycles. The Kier molecular flexibility index (Phi) is 4.39. The molecule has 1 aromatic carbocycles. The zero-order valence-corrected chi connectivity index (χ0v) is 14.1. The van der Waals surface area contributed by atoms with Crippen LogP contribution >= 0.6 is 0 Å². The van der Waals surface area contributed by atoms with E-state index in [2.05, 4.69) is 22.0 Å². The van der Waals surface area contributed by atoms with Crippen LogP contribution in [0.5, 0.6) is 11.5 Å². The average molecular weight is 324 g/mol. The van der Waals surface area contributed by atoms with Crippen LogP contribution in [0.4, 0.5) is 0 Å². The van der Waals surface area contributed by atoms with E-state index in [1.54, 1.807) is 7.11 Å². The molecular weight excluding hydrogens is 300 g/mol. The molecule has 2 heterocycles. The summed E-state index contributed by atoms with van der Waals surface area (Å²) in [6.07, 6.45) is 5.83. The van der Waals surface area contributed by atoms with Gasteiger partial charge in [0.2, 0.25) is 0 Å². The second-order valence-electron chi connectivity index (χ2n) is 6.78. The van der Waals surface area contributed by atoms with Gasteiger partial charge in [0.1, 0.15) is 18.1 Å². The van der Waals surface area contributed by atoms with E-state index in [9.17, 15) is 0 Å². The molecule has 3 atom stereocenters. The van der Waals surface area contributed by atoms with Gasteiger partial charge in [0.25, 0.3) is 0 Å². The molecule has 4 heteroatoms. The fourth-order valence-corrected chi connectivity index (χ4v) is 4.21. The highest BCUT2D eigenvalue weighted by Gasteiger charge is 2.45. The van der Waals surface area contributed by atoms with Gasteiger partial charge in [-0.05, 0) is 49.4 Å². The van der Waals surface area contributed by atoms with E-state index in [0.717, 1.165) is 36.3 Å². The Morgan fingerprint density at radius 3 is 2.88 bits per heavy atom. The van der Waals surface area contributed by atoms with Crippen LogP contribution < -0.4 is 9.47 Å². The lowest BCUT2D eigenvalue weighted by Gasteiger charge is -2.34. The van der Waals surface area contributed by atoms with Crippen molar-refractivity contribution in [1.82, 2.24) is 9.88 Å². The van der Waals surface area contributed by atoms with Gasteiger partial charge in [0.05, 0.1) is 12.8 Å². The fraction of sp³-hybridized carbons (Fsp3) is 0.450. The average Bonchev–Trinajstić information content (AvgIpc) is 3.23. The Labute approximate surface area is 143 Å². The van der Waals surface area contributed by atoms with Gasteiger partial charge in [-0.15, -0.1) is 0 Å². The standard InChI is InChI=1S/C20H24N2O2/c1-23-18-6-4-7-19(12-18)24-14-20-15-8-9-17(11-15)22(20)13-16-5-2-3-10-21-16/h2-7,10,12,15,17,20H,8-9,11,13-14H2,1H3/t15-,17+,20+/m0/s1. The van der Waals surface area contributed by atoms with Crippen molar-refractivity contribution >= 4 is 0 Å². The normalized spacial score (nSPS) is 25.8. The molecule has 4 rings (SSSR count). The number of fused-ring (bicyclic) bond motifs is 2. The Bertz CT molecular complexity index is 676. The summed E-state index contributed by atoms with van der Waals surface area (Å²) in [4.78, 5) is 7.11. The molecule has 0 unspecified atom stereocenters. The number of rotatable bonds is 6. The predicted octanol–water partition coefficient (Wildman–Crippen LogP) is 3.52. The van der Waals surface area contributed by atoms with Crippen LogP contribution in [0.25, 0.3) is 0 Å². The summed E-state index contributed by atoms with van der Waals surface area (Å²) in [5.74, 6) is 2.48. The quantitative estimate of drug-likeness (QED) is 0.814. The predicted molar refractivity (Wildman–Crippen MR) is 93.2 cm³/mol. The summed E-state index contributed by atoms with van der Waals surface area (Å²) in [6, 6.07) is 15.2. The fourth-order valence-electron chi connectivity index (χ4n) is 4.21. The molecule has 1 saturated heterocycles. The van der Waals surface area contributed by atoms with Crippen LogP contribution in [0, 0.1) is 5.92 Å². The van der Waals surface area contributed by atoms with Crippen LogP contribution in [0.1, 0.15) is 25.0 Å². The van der Waals surface area contributed by atoms with E-state index in [1.165, 1.54) is 19.3 Å². The number of likely N-dealkylation sites (tertiary alicyclic amines) is 1. The molecule has 0 N–H and O–H groups in total. The van der Waals surface area contributed by atoms with Crippen molar-refractivity contribution in [3.05, 3.63) is 54.4 Å². The van der Waals surface area contributed by atoms with E-state index >= 15 is 0 Å². The molecule has 24 heavy (non-hydrogen) atoms. The first kappa shape index (κ1) is 15.5. The maximum atomic E-state index is 6.11. The Hall–Kier alpha value is -2.07. The minimum absolute atomic E-state index is 0.483. The first-order valence-corrected chi connectivity index (χ1v) is 8.76.